The second kappa shape index (κ2) is 9.86. The highest BCUT2D eigenvalue weighted by Gasteiger charge is 2.13. The summed E-state index contributed by atoms with van der Waals surface area (Å²) in [5.74, 6) is 1.69. The van der Waals surface area contributed by atoms with E-state index in [1.165, 1.54) is 0 Å². The van der Waals surface area contributed by atoms with Gasteiger partial charge in [-0.15, -0.1) is 0 Å². The smallest absolute Gasteiger partial charge is 0.259 e. The lowest BCUT2D eigenvalue weighted by Gasteiger charge is -2.10. The van der Waals surface area contributed by atoms with Crippen LogP contribution in [-0.2, 0) is 11.4 Å². The van der Waals surface area contributed by atoms with Crippen LogP contribution in [0.2, 0.25) is 5.02 Å². The average molecular weight is 438 g/mol. The zero-order valence-corrected chi connectivity index (χ0v) is 17.3. The monoisotopic (exact) mass is 437 g/mol. The van der Waals surface area contributed by atoms with E-state index in [0.717, 1.165) is 16.8 Å². The van der Waals surface area contributed by atoms with Crippen molar-refractivity contribution in [3.05, 3.63) is 82.9 Å². The number of fused-ring (bicyclic) bond motifs is 1. The Morgan fingerprint density at radius 3 is 2.77 bits per heavy atom. The van der Waals surface area contributed by atoms with Gasteiger partial charge in [-0.1, -0.05) is 41.9 Å². The van der Waals surface area contributed by atoms with E-state index < -0.39 is 0 Å². The number of carbonyl (C=O) groups is 1. The number of halogens is 1. The first-order chi connectivity index (χ1) is 15.2. The molecule has 2 N–H and O–H groups in total. The molecule has 31 heavy (non-hydrogen) atoms. The fraction of sp³-hybridized carbons (Fsp3) is 0.130. The standard InChI is InChI=1S/C23H20ClN3O4/c24-19-7-3-1-6-17(19)14-29-20-8-4-2-5-16(20)12-26-27-23(28)13-25-18-9-10-21-22(11-18)31-15-30-21/h1-12,25H,13-15H2,(H,27,28)/b26-12-. The number of benzene rings is 3. The van der Waals surface area contributed by atoms with Crippen LogP contribution in [0.5, 0.6) is 17.2 Å². The van der Waals surface area contributed by atoms with Gasteiger partial charge in [0.2, 0.25) is 6.79 Å². The van der Waals surface area contributed by atoms with Gasteiger partial charge in [0, 0.05) is 27.9 Å². The summed E-state index contributed by atoms with van der Waals surface area (Å²) in [5, 5.41) is 7.70. The van der Waals surface area contributed by atoms with E-state index in [4.69, 9.17) is 25.8 Å². The van der Waals surface area contributed by atoms with Gasteiger partial charge in [0.05, 0.1) is 12.8 Å². The molecule has 0 aromatic heterocycles. The third-order valence-corrected chi connectivity index (χ3v) is 4.85. The third-order valence-electron chi connectivity index (χ3n) is 4.48. The summed E-state index contributed by atoms with van der Waals surface area (Å²) in [7, 11) is 0. The first-order valence-electron chi connectivity index (χ1n) is 9.60. The molecule has 158 valence electrons. The lowest BCUT2D eigenvalue weighted by molar-refractivity contribution is -0.119. The van der Waals surface area contributed by atoms with E-state index in [1.807, 2.05) is 54.6 Å². The molecule has 3 aromatic carbocycles. The summed E-state index contributed by atoms with van der Waals surface area (Å²) >= 11 is 6.18. The van der Waals surface area contributed by atoms with Crippen molar-refractivity contribution in [1.82, 2.24) is 5.43 Å². The number of nitrogens with one attached hydrogen (secondary N) is 2. The lowest BCUT2D eigenvalue weighted by atomic mass is 10.2. The number of amides is 1. The molecule has 7 nitrogen and oxygen atoms in total. The van der Waals surface area contributed by atoms with Crippen LogP contribution in [-0.4, -0.2) is 25.5 Å². The van der Waals surface area contributed by atoms with Crippen molar-refractivity contribution in [2.75, 3.05) is 18.7 Å². The predicted octanol–water partition coefficient (Wildman–Crippen LogP) is 4.21. The number of carbonyl (C=O) groups excluding carboxylic acids is 1. The molecule has 0 bridgehead atoms. The maximum atomic E-state index is 12.1. The minimum atomic E-state index is -0.289. The quantitative estimate of drug-likeness (QED) is 0.407. The van der Waals surface area contributed by atoms with Gasteiger partial charge in [-0.2, -0.15) is 5.10 Å². The SMILES string of the molecule is O=C(CNc1ccc2c(c1)OCO2)N/N=C\c1ccccc1OCc1ccccc1Cl. The molecule has 0 radical (unpaired) electrons. The molecule has 4 rings (SSSR count). The molecule has 0 atom stereocenters. The number of hydrogen-bond donors (Lipinski definition) is 2. The molecule has 0 unspecified atom stereocenters. The van der Waals surface area contributed by atoms with Crippen LogP contribution in [0.25, 0.3) is 0 Å². The number of nitrogens with zero attached hydrogens (tertiary/aromatic N) is 1. The van der Waals surface area contributed by atoms with Gasteiger partial charge >= 0.3 is 0 Å². The van der Waals surface area contributed by atoms with Gasteiger partial charge in [0.1, 0.15) is 12.4 Å². The van der Waals surface area contributed by atoms with E-state index in [2.05, 4.69) is 15.8 Å². The largest absolute Gasteiger partial charge is 0.488 e. The highest BCUT2D eigenvalue weighted by Crippen LogP contribution is 2.34. The molecular formula is C23H20ClN3O4. The van der Waals surface area contributed by atoms with Crippen LogP contribution in [0.15, 0.2) is 71.8 Å². The first kappa shape index (κ1) is 20.6. The highest BCUT2D eigenvalue weighted by molar-refractivity contribution is 6.31. The normalized spacial score (nSPS) is 12.0. The molecule has 0 saturated carbocycles. The summed E-state index contributed by atoms with van der Waals surface area (Å²) in [5.41, 5.74) is 4.87. The first-order valence-corrected chi connectivity index (χ1v) is 9.97. The summed E-state index contributed by atoms with van der Waals surface area (Å²) in [6.45, 7) is 0.593. The summed E-state index contributed by atoms with van der Waals surface area (Å²) in [4.78, 5) is 12.1. The molecule has 0 saturated heterocycles. The molecule has 8 heteroatoms. The van der Waals surface area contributed by atoms with Crippen LogP contribution in [0, 0.1) is 0 Å². The number of para-hydroxylation sites is 1. The Hall–Kier alpha value is -3.71. The Kier molecular flexibility index (Phi) is 6.54. The second-order valence-electron chi connectivity index (χ2n) is 6.63. The molecule has 0 aliphatic carbocycles. The van der Waals surface area contributed by atoms with Crippen molar-refractivity contribution in [3.63, 3.8) is 0 Å². The van der Waals surface area contributed by atoms with Gasteiger partial charge < -0.3 is 19.5 Å². The molecule has 1 heterocycles. The Labute approximate surface area is 184 Å². The molecule has 3 aromatic rings. The Balaban J connectivity index is 1.29. The Bertz CT molecular complexity index is 1100. The molecule has 1 aliphatic rings. The number of ether oxygens (including phenoxy) is 3. The van der Waals surface area contributed by atoms with Crippen molar-refractivity contribution < 1.29 is 19.0 Å². The molecule has 1 aliphatic heterocycles. The van der Waals surface area contributed by atoms with Crippen molar-refractivity contribution in [3.8, 4) is 17.2 Å². The molecule has 1 amide bonds. The van der Waals surface area contributed by atoms with E-state index in [1.54, 1.807) is 18.3 Å². The zero-order valence-electron chi connectivity index (χ0n) is 16.5. The topological polar surface area (TPSA) is 81.2 Å². The lowest BCUT2D eigenvalue weighted by Crippen LogP contribution is -2.25. The highest BCUT2D eigenvalue weighted by atomic mass is 35.5. The second-order valence-corrected chi connectivity index (χ2v) is 7.04. The van der Waals surface area contributed by atoms with E-state index in [9.17, 15) is 4.79 Å². The summed E-state index contributed by atoms with van der Waals surface area (Å²) in [6, 6.07) is 20.3. The number of anilines is 1. The van der Waals surface area contributed by atoms with Crippen LogP contribution < -0.4 is 25.0 Å². The number of hydrogen-bond acceptors (Lipinski definition) is 6. The summed E-state index contributed by atoms with van der Waals surface area (Å²) < 4.78 is 16.5. The fourth-order valence-electron chi connectivity index (χ4n) is 2.89. The number of hydrazone groups is 1. The van der Waals surface area contributed by atoms with E-state index in [0.29, 0.717) is 28.9 Å². The van der Waals surface area contributed by atoms with Gasteiger partial charge in [-0.25, -0.2) is 5.43 Å². The van der Waals surface area contributed by atoms with Crippen LogP contribution >= 0.6 is 11.6 Å². The average Bonchev–Trinajstić information content (AvgIpc) is 3.26. The zero-order chi connectivity index (χ0) is 21.5. The van der Waals surface area contributed by atoms with Crippen LogP contribution in [0.1, 0.15) is 11.1 Å². The van der Waals surface area contributed by atoms with Crippen molar-refractivity contribution >= 4 is 29.4 Å². The van der Waals surface area contributed by atoms with Gasteiger partial charge in [-0.3, -0.25) is 4.79 Å². The van der Waals surface area contributed by atoms with Crippen molar-refractivity contribution in [2.24, 2.45) is 5.10 Å². The maximum Gasteiger partial charge on any atom is 0.259 e. The fourth-order valence-corrected chi connectivity index (χ4v) is 3.08. The van der Waals surface area contributed by atoms with Crippen LogP contribution in [0.4, 0.5) is 5.69 Å². The van der Waals surface area contributed by atoms with Gasteiger partial charge in [0.15, 0.2) is 11.5 Å². The van der Waals surface area contributed by atoms with Gasteiger partial charge in [-0.05, 0) is 30.3 Å². The molecule has 0 spiro atoms. The van der Waals surface area contributed by atoms with E-state index >= 15 is 0 Å². The van der Waals surface area contributed by atoms with Crippen molar-refractivity contribution in [2.45, 2.75) is 6.61 Å². The van der Waals surface area contributed by atoms with E-state index in [-0.39, 0.29) is 19.2 Å². The summed E-state index contributed by atoms with van der Waals surface area (Å²) in [6.07, 6.45) is 1.54. The predicted molar refractivity (Wildman–Crippen MR) is 119 cm³/mol. The Morgan fingerprint density at radius 1 is 1.06 bits per heavy atom. The van der Waals surface area contributed by atoms with Crippen LogP contribution in [0.3, 0.4) is 0 Å². The maximum absolute atomic E-state index is 12.1. The van der Waals surface area contributed by atoms with Gasteiger partial charge in [0.25, 0.3) is 5.91 Å². The minimum absolute atomic E-state index is 0.0572. The minimum Gasteiger partial charge on any atom is -0.488 e. The van der Waals surface area contributed by atoms with Crippen molar-refractivity contribution in [1.29, 1.82) is 0 Å². The number of rotatable bonds is 8. The molecule has 0 fully saturated rings. The third kappa shape index (κ3) is 5.46. The molecular weight excluding hydrogens is 418 g/mol. The Morgan fingerprint density at radius 2 is 1.87 bits per heavy atom.